The number of rotatable bonds is 6. The Morgan fingerprint density at radius 2 is 1.88 bits per heavy atom. The van der Waals surface area contributed by atoms with Crippen LogP contribution in [-0.2, 0) is 11.3 Å². The maximum Gasteiger partial charge on any atom is 0.323 e. The van der Waals surface area contributed by atoms with E-state index in [9.17, 15) is 9.59 Å². The van der Waals surface area contributed by atoms with E-state index in [2.05, 4.69) is 39.8 Å². The molecule has 2 aromatic carbocycles. The van der Waals surface area contributed by atoms with E-state index in [1.165, 1.54) is 0 Å². The molecule has 3 aromatic rings. The summed E-state index contributed by atoms with van der Waals surface area (Å²) in [6.07, 6.45) is 3.80. The van der Waals surface area contributed by atoms with Crippen LogP contribution in [0.5, 0.6) is 0 Å². The summed E-state index contributed by atoms with van der Waals surface area (Å²) >= 11 is 0. The third-order valence-corrected chi connectivity index (χ3v) is 5.23. The first-order valence-electron chi connectivity index (χ1n) is 10.2. The molecule has 0 bridgehead atoms. The predicted molar refractivity (Wildman–Crippen MR) is 122 cm³/mol. The maximum atomic E-state index is 12.8. The molecule has 3 amide bonds. The third-order valence-electron chi connectivity index (χ3n) is 5.23. The normalized spacial score (nSPS) is 14.5. The maximum absolute atomic E-state index is 12.8. The molecule has 8 nitrogen and oxygen atoms in total. The molecule has 0 radical (unpaired) electrons. The summed E-state index contributed by atoms with van der Waals surface area (Å²) in [5, 5.41) is 12.3. The standard InChI is InChI=1S/C24H24N6O2/c1-15(27-23(31)22-21(25)16(2)28-24(32)29-22)19-10-6-7-11-20(19)18-12-26-30(14-18)13-17-8-4-3-5-9-17/h3-12,14-15H,2,13,25H2,1H3,(H,27,31)(H2,28,29,32)/t15-/m1/s1. The van der Waals surface area contributed by atoms with Crippen molar-refractivity contribution in [3.05, 3.63) is 102 Å². The molecule has 162 valence electrons. The number of carbonyl (C=O) groups excluding carboxylic acids is 2. The highest BCUT2D eigenvalue weighted by molar-refractivity contribution is 6.00. The van der Waals surface area contributed by atoms with Gasteiger partial charge in [-0.15, -0.1) is 0 Å². The number of nitrogens with one attached hydrogen (secondary N) is 3. The van der Waals surface area contributed by atoms with Crippen molar-refractivity contribution < 1.29 is 9.59 Å². The molecule has 4 rings (SSSR count). The minimum atomic E-state index is -0.548. The molecule has 0 saturated carbocycles. The number of amides is 3. The Labute approximate surface area is 185 Å². The highest BCUT2D eigenvalue weighted by Crippen LogP contribution is 2.28. The van der Waals surface area contributed by atoms with Crippen molar-refractivity contribution in [3.8, 4) is 11.1 Å². The Morgan fingerprint density at radius 1 is 1.16 bits per heavy atom. The van der Waals surface area contributed by atoms with Gasteiger partial charge in [0.25, 0.3) is 5.91 Å². The number of nitrogens with two attached hydrogens (primary N) is 1. The lowest BCUT2D eigenvalue weighted by atomic mass is 9.97. The van der Waals surface area contributed by atoms with Crippen molar-refractivity contribution in [2.45, 2.75) is 19.5 Å². The van der Waals surface area contributed by atoms with E-state index < -0.39 is 11.9 Å². The molecule has 2 heterocycles. The predicted octanol–water partition coefficient (Wildman–Crippen LogP) is 2.77. The number of aromatic nitrogens is 2. The van der Waals surface area contributed by atoms with Crippen molar-refractivity contribution in [2.24, 2.45) is 5.73 Å². The van der Waals surface area contributed by atoms with Crippen LogP contribution in [0.3, 0.4) is 0 Å². The summed E-state index contributed by atoms with van der Waals surface area (Å²) in [5.41, 5.74) is 10.2. The van der Waals surface area contributed by atoms with Crippen molar-refractivity contribution in [1.29, 1.82) is 0 Å². The van der Waals surface area contributed by atoms with E-state index in [-0.39, 0.29) is 23.1 Å². The lowest BCUT2D eigenvalue weighted by Crippen LogP contribution is -2.47. The number of carbonyl (C=O) groups is 2. The van der Waals surface area contributed by atoms with Crippen LogP contribution >= 0.6 is 0 Å². The largest absolute Gasteiger partial charge is 0.395 e. The second-order valence-corrected chi connectivity index (χ2v) is 7.54. The van der Waals surface area contributed by atoms with E-state index in [1.807, 2.05) is 66.5 Å². The average molecular weight is 428 g/mol. The summed E-state index contributed by atoms with van der Waals surface area (Å²) in [5.74, 6) is -0.486. The highest BCUT2D eigenvalue weighted by atomic mass is 16.2. The second kappa shape index (κ2) is 8.81. The van der Waals surface area contributed by atoms with Crippen LogP contribution in [0.4, 0.5) is 4.79 Å². The zero-order chi connectivity index (χ0) is 22.7. The quantitative estimate of drug-likeness (QED) is 0.483. The number of benzene rings is 2. The molecule has 32 heavy (non-hydrogen) atoms. The first-order valence-corrected chi connectivity index (χ1v) is 10.2. The molecular formula is C24H24N6O2. The van der Waals surface area contributed by atoms with Crippen LogP contribution in [-0.4, -0.2) is 21.7 Å². The smallest absolute Gasteiger partial charge is 0.323 e. The Hall–Kier alpha value is -4.33. The minimum absolute atomic E-state index is 0.0150. The van der Waals surface area contributed by atoms with Gasteiger partial charge in [-0.05, 0) is 23.6 Å². The highest BCUT2D eigenvalue weighted by Gasteiger charge is 2.25. The van der Waals surface area contributed by atoms with E-state index in [0.717, 1.165) is 22.3 Å². The molecule has 1 aromatic heterocycles. The van der Waals surface area contributed by atoms with Gasteiger partial charge in [0.2, 0.25) is 0 Å². The van der Waals surface area contributed by atoms with Gasteiger partial charge in [0.1, 0.15) is 5.70 Å². The monoisotopic (exact) mass is 428 g/mol. The summed E-state index contributed by atoms with van der Waals surface area (Å²) in [4.78, 5) is 24.5. The summed E-state index contributed by atoms with van der Waals surface area (Å²) in [6, 6.07) is 17.0. The lowest BCUT2D eigenvalue weighted by molar-refractivity contribution is -0.118. The molecule has 1 aliphatic heterocycles. The number of urea groups is 1. The van der Waals surface area contributed by atoms with Gasteiger partial charge in [0.15, 0.2) is 0 Å². The summed E-state index contributed by atoms with van der Waals surface area (Å²) in [6.45, 7) is 6.20. The Kier molecular flexibility index (Phi) is 5.76. The van der Waals surface area contributed by atoms with Crippen LogP contribution in [0.25, 0.3) is 11.1 Å². The fraction of sp³-hybridized carbons (Fsp3) is 0.125. The molecule has 0 saturated heterocycles. The summed E-state index contributed by atoms with van der Waals surface area (Å²) < 4.78 is 1.88. The van der Waals surface area contributed by atoms with Gasteiger partial charge in [0, 0.05) is 11.8 Å². The van der Waals surface area contributed by atoms with Gasteiger partial charge < -0.3 is 21.7 Å². The first-order chi connectivity index (χ1) is 15.4. The molecule has 1 aliphatic rings. The SMILES string of the molecule is C=C1NC(=O)NC(C(=O)N[C@H](C)c2ccccc2-c2cnn(Cc3ccccc3)c2)=C1N. The molecule has 5 N–H and O–H groups in total. The van der Waals surface area contributed by atoms with Gasteiger partial charge in [-0.25, -0.2) is 4.79 Å². The summed E-state index contributed by atoms with van der Waals surface area (Å²) in [7, 11) is 0. The zero-order valence-corrected chi connectivity index (χ0v) is 17.6. The molecule has 0 fully saturated rings. The Morgan fingerprint density at radius 3 is 2.66 bits per heavy atom. The topological polar surface area (TPSA) is 114 Å². The average Bonchev–Trinajstić information content (AvgIpc) is 3.25. The second-order valence-electron chi connectivity index (χ2n) is 7.54. The van der Waals surface area contributed by atoms with E-state index >= 15 is 0 Å². The van der Waals surface area contributed by atoms with E-state index in [4.69, 9.17) is 5.73 Å². The number of nitrogens with zero attached hydrogens (tertiary/aromatic N) is 2. The van der Waals surface area contributed by atoms with Gasteiger partial charge in [-0.3, -0.25) is 9.48 Å². The minimum Gasteiger partial charge on any atom is -0.395 e. The van der Waals surface area contributed by atoms with Crippen LogP contribution < -0.4 is 21.7 Å². The zero-order valence-electron chi connectivity index (χ0n) is 17.6. The number of hydrogen-bond donors (Lipinski definition) is 4. The molecule has 1 atom stereocenters. The lowest BCUT2D eigenvalue weighted by Gasteiger charge is -2.23. The van der Waals surface area contributed by atoms with Crippen molar-refractivity contribution in [3.63, 3.8) is 0 Å². The van der Waals surface area contributed by atoms with Crippen LogP contribution in [0, 0.1) is 0 Å². The third kappa shape index (κ3) is 4.39. The van der Waals surface area contributed by atoms with Crippen molar-refractivity contribution >= 4 is 11.9 Å². The van der Waals surface area contributed by atoms with Gasteiger partial charge >= 0.3 is 6.03 Å². The Bertz CT molecular complexity index is 1210. The van der Waals surface area contributed by atoms with Crippen molar-refractivity contribution in [1.82, 2.24) is 25.7 Å². The first kappa shape index (κ1) is 20.9. The van der Waals surface area contributed by atoms with Crippen molar-refractivity contribution in [2.75, 3.05) is 0 Å². The molecule has 0 aliphatic carbocycles. The Balaban J connectivity index is 1.55. The fourth-order valence-corrected chi connectivity index (χ4v) is 3.59. The van der Waals surface area contributed by atoms with Crippen LogP contribution in [0.2, 0.25) is 0 Å². The van der Waals surface area contributed by atoms with Crippen LogP contribution in [0.15, 0.2) is 90.7 Å². The van der Waals surface area contributed by atoms with E-state index in [1.54, 1.807) is 0 Å². The van der Waals surface area contributed by atoms with Crippen LogP contribution in [0.1, 0.15) is 24.1 Å². The number of hydrogen-bond acceptors (Lipinski definition) is 4. The molecule has 8 heteroatoms. The van der Waals surface area contributed by atoms with Gasteiger partial charge in [-0.2, -0.15) is 5.10 Å². The fourth-order valence-electron chi connectivity index (χ4n) is 3.59. The molecule has 0 unspecified atom stereocenters. The van der Waals surface area contributed by atoms with Gasteiger partial charge in [0.05, 0.1) is 30.2 Å². The van der Waals surface area contributed by atoms with Gasteiger partial charge in [-0.1, -0.05) is 61.2 Å². The van der Waals surface area contributed by atoms with E-state index in [0.29, 0.717) is 6.54 Å². The molecule has 0 spiro atoms. The molecular weight excluding hydrogens is 404 g/mol.